The monoisotopic (exact) mass is 194 g/mol. The highest BCUT2D eigenvalue weighted by atomic mass is 16.5. The van der Waals surface area contributed by atoms with E-state index in [0.29, 0.717) is 0 Å². The Labute approximate surface area is 85.3 Å². The molecule has 0 spiro atoms. The molecule has 3 nitrogen and oxygen atoms in total. The predicted octanol–water partition coefficient (Wildman–Crippen LogP) is 2.28. The minimum atomic E-state index is -0.0142. The number of rotatable bonds is 5. The number of unbranched alkanes of at least 4 members (excludes halogenated alkanes) is 1. The molecular formula is C11H18N2O. The molecule has 14 heavy (non-hydrogen) atoms. The zero-order valence-electron chi connectivity index (χ0n) is 8.86. The molecule has 0 saturated carbocycles. The Hall–Kier alpha value is -1.09. The summed E-state index contributed by atoms with van der Waals surface area (Å²) in [6, 6.07) is 3.81. The smallest absolute Gasteiger partial charge is 0.137 e. The molecule has 1 unspecified atom stereocenters. The topological polar surface area (TPSA) is 48.1 Å². The van der Waals surface area contributed by atoms with E-state index in [1.54, 1.807) is 6.20 Å². The van der Waals surface area contributed by atoms with Crippen molar-refractivity contribution in [3.05, 3.63) is 24.0 Å². The predicted molar refractivity (Wildman–Crippen MR) is 57.2 cm³/mol. The largest absolute Gasteiger partial charge is 0.492 e. The minimum Gasteiger partial charge on any atom is -0.492 e. The van der Waals surface area contributed by atoms with Gasteiger partial charge in [0.05, 0.1) is 18.5 Å². The maximum absolute atomic E-state index is 5.68. The first-order chi connectivity index (χ1) is 6.74. The SMILES string of the molecule is CCCCOc1ccc(C(C)N)nc1. The Morgan fingerprint density at radius 2 is 2.29 bits per heavy atom. The Morgan fingerprint density at radius 1 is 1.50 bits per heavy atom. The van der Waals surface area contributed by atoms with Gasteiger partial charge < -0.3 is 10.5 Å². The zero-order valence-corrected chi connectivity index (χ0v) is 8.86. The van der Waals surface area contributed by atoms with Gasteiger partial charge in [0.25, 0.3) is 0 Å². The fourth-order valence-electron chi connectivity index (χ4n) is 1.08. The van der Waals surface area contributed by atoms with E-state index in [1.807, 2.05) is 19.1 Å². The van der Waals surface area contributed by atoms with E-state index >= 15 is 0 Å². The van der Waals surface area contributed by atoms with Crippen LogP contribution in [-0.2, 0) is 0 Å². The van der Waals surface area contributed by atoms with E-state index in [4.69, 9.17) is 10.5 Å². The highest BCUT2D eigenvalue weighted by Gasteiger charge is 2.00. The lowest BCUT2D eigenvalue weighted by Crippen LogP contribution is -2.07. The van der Waals surface area contributed by atoms with Gasteiger partial charge in [-0.1, -0.05) is 13.3 Å². The van der Waals surface area contributed by atoms with Crippen LogP contribution in [0, 0.1) is 0 Å². The summed E-state index contributed by atoms with van der Waals surface area (Å²) in [5.74, 6) is 0.822. The minimum absolute atomic E-state index is 0.0142. The highest BCUT2D eigenvalue weighted by Crippen LogP contribution is 2.12. The fraction of sp³-hybridized carbons (Fsp3) is 0.545. The molecule has 0 aromatic carbocycles. The van der Waals surface area contributed by atoms with E-state index in [0.717, 1.165) is 30.9 Å². The van der Waals surface area contributed by atoms with E-state index in [9.17, 15) is 0 Å². The van der Waals surface area contributed by atoms with Gasteiger partial charge in [-0.15, -0.1) is 0 Å². The first-order valence-electron chi connectivity index (χ1n) is 5.08. The molecule has 1 rings (SSSR count). The Kier molecular flexibility index (Phi) is 4.40. The normalized spacial score (nSPS) is 12.5. The molecule has 0 amide bonds. The summed E-state index contributed by atoms with van der Waals surface area (Å²) in [6.07, 6.45) is 3.95. The van der Waals surface area contributed by atoms with Crippen LogP contribution in [0.1, 0.15) is 38.4 Å². The van der Waals surface area contributed by atoms with Gasteiger partial charge in [0.1, 0.15) is 5.75 Å². The van der Waals surface area contributed by atoms with Crippen LogP contribution in [0.5, 0.6) is 5.75 Å². The van der Waals surface area contributed by atoms with Crippen LogP contribution in [0.3, 0.4) is 0 Å². The molecule has 1 atom stereocenters. The van der Waals surface area contributed by atoms with Crippen LogP contribution in [0.2, 0.25) is 0 Å². The summed E-state index contributed by atoms with van der Waals surface area (Å²) >= 11 is 0. The third kappa shape index (κ3) is 3.34. The fourth-order valence-corrected chi connectivity index (χ4v) is 1.08. The number of hydrogen-bond donors (Lipinski definition) is 1. The van der Waals surface area contributed by atoms with Gasteiger partial charge in [-0.2, -0.15) is 0 Å². The molecule has 3 heteroatoms. The van der Waals surface area contributed by atoms with Crippen molar-refractivity contribution < 1.29 is 4.74 Å². The molecule has 78 valence electrons. The zero-order chi connectivity index (χ0) is 10.4. The molecule has 0 fully saturated rings. The van der Waals surface area contributed by atoms with Crippen molar-refractivity contribution in [1.82, 2.24) is 4.98 Å². The van der Waals surface area contributed by atoms with Crippen LogP contribution >= 0.6 is 0 Å². The summed E-state index contributed by atoms with van der Waals surface area (Å²) in [7, 11) is 0. The molecule has 2 N–H and O–H groups in total. The van der Waals surface area contributed by atoms with Crippen molar-refractivity contribution in [3.8, 4) is 5.75 Å². The number of aromatic nitrogens is 1. The second-order valence-electron chi connectivity index (χ2n) is 3.41. The number of pyridine rings is 1. The molecular weight excluding hydrogens is 176 g/mol. The quantitative estimate of drug-likeness (QED) is 0.731. The molecule has 0 aliphatic carbocycles. The Bertz CT molecular complexity index is 256. The number of hydrogen-bond acceptors (Lipinski definition) is 3. The average Bonchev–Trinajstić information content (AvgIpc) is 2.19. The summed E-state index contributed by atoms with van der Waals surface area (Å²) in [5, 5.41) is 0. The molecule has 1 aromatic heterocycles. The summed E-state index contributed by atoms with van der Waals surface area (Å²) in [5.41, 5.74) is 6.58. The molecule has 0 aliphatic heterocycles. The van der Waals surface area contributed by atoms with Crippen LogP contribution in [0.4, 0.5) is 0 Å². The van der Waals surface area contributed by atoms with E-state index < -0.39 is 0 Å². The second-order valence-corrected chi connectivity index (χ2v) is 3.41. The van der Waals surface area contributed by atoms with Crippen LogP contribution in [0.15, 0.2) is 18.3 Å². The molecule has 0 saturated heterocycles. The third-order valence-electron chi connectivity index (χ3n) is 1.99. The standard InChI is InChI=1S/C11H18N2O/c1-3-4-7-14-10-5-6-11(9(2)12)13-8-10/h5-6,8-9H,3-4,7,12H2,1-2H3. The number of nitrogens with two attached hydrogens (primary N) is 1. The van der Waals surface area contributed by atoms with Gasteiger partial charge in [-0.3, -0.25) is 4.98 Å². The van der Waals surface area contributed by atoms with Gasteiger partial charge >= 0.3 is 0 Å². The van der Waals surface area contributed by atoms with E-state index in [1.165, 1.54) is 0 Å². The number of nitrogens with zero attached hydrogens (tertiary/aromatic N) is 1. The number of ether oxygens (including phenoxy) is 1. The Morgan fingerprint density at radius 3 is 2.79 bits per heavy atom. The highest BCUT2D eigenvalue weighted by molar-refractivity contribution is 5.20. The summed E-state index contributed by atoms with van der Waals surface area (Å²) in [4.78, 5) is 4.21. The van der Waals surface area contributed by atoms with Crippen LogP contribution in [0.25, 0.3) is 0 Å². The van der Waals surface area contributed by atoms with Crippen molar-refractivity contribution in [2.24, 2.45) is 5.73 Å². The lowest BCUT2D eigenvalue weighted by molar-refractivity contribution is 0.308. The maximum atomic E-state index is 5.68. The third-order valence-corrected chi connectivity index (χ3v) is 1.99. The van der Waals surface area contributed by atoms with Gasteiger partial charge in [0.15, 0.2) is 0 Å². The van der Waals surface area contributed by atoms with Crippen LogP contribution in [-0.4, -0.2) is 11.6 Å². The van der Waals surface area contributed by atoms with Crippen molar-refractivity contribution in [2.75, 3.05) is 6.61 Å². The van der Waals surface area contributed by atoms with Crippen LogP contribution < -0.4 is 10.5 Å². The molecule has 0 bridgehead atoms. The van der Waals surface area contributed by atoms with Gasteiger partial charge in [0, 0.05) is 6.04 Å². The molecule has 1 heterocycles. The molecule has 0 radical (unpaired) electrons. The first kappa shape index (κ1) is 11.0. The second kappa shape index (κ2) is 5.60. The first-order valence-corrected chi connectivity index (χ1v) is 5.08. The lowest BCUT2D eigenvalue weighted by atomic mass is 10.2. The van der Waals surface area contributed by atoms with Crippen molar-refractivity contribution >= 4 is 0 Å². The maximum Gasteiger partial charge on any atom is 0.137 e. The van der Waals surface area contributed by atoms with E-state index in [-0.39, 0.29) is 6.04 Å². The lowest BCUT2D eigenvalue weighted by Gasteiger charge is -2.07. The summed E-state index contributed by atoms with van der Waals surface area (Å²) in [6.45, 7) is 4.82. The Balaban J connectivity index is 2.47. The van der Waals surface area contributed by atoms with Crippen molar-refractivity contribution in [1.29, 1.82) is 0 Å². The van der Waals surface area contributed by atoms with Crippen molar-refractivity contribution in [3.63, 3.8) is 0 Å². The van der Waals surface area contributed by atoms with Gasteiger partial charge in [0.2, 0.25) is 0 Å². The van der Waals surface area contributed by atoms with Crippen molar-refractivity contribution in [2.45, 2.75) is 32.7 Å². The summed E-state index contributed by atoms with van der Waals surface area (Å²) < 4.78 is 5.48. The van der Waals surface area contributed by atoms with E-state index in [2.05, 4.69) is 11.9 Å². The average molecular weight is 194 g/mol. The molecule has 0 aliphatic rings. The van der Waals surface area contributed by atoms with Gasteiger partial charge in [-0.05, 0) is 25.5 Å². The molecule has 1 aromatic rings. The van der Waals surface area contributed by atoms with Gasteiger partial charge in [-0.25, -0.2) is 0 Å².